The summed E-state index contributed by atoms with van der Waals surface area (Å²) in [6.07, 6.45) is 1.81. The summed E-state index contributed by atoms with van der Waals surface area (Å²) >= 11 is 0.934. The molecule has 0 saturated heterocycles. The summed E-state index contributed by atoms with van der Waals surface area (Å²) in [6, 6.07) is 14.8. The van der Waals surface area contributed by atoms with Crippen LogP contribution in [0.4, 0.5) is 4.39 Å². The van der Waals surface area contributed by atoms with Crippen molar-refractivity contribution in [3.8, 4) is 11.8 Å². The highest BCUT2D eigenvalue weighted by Crippen LogP contribution is 2.24. The van der Waals surface area contributed by atoms with Crippen LogP contribution < -0.4 is 4.72 Å². The van der Waals surface area contributed by atoms with Gasteiger partial charge in [0.05, 0.1) is 4.88 Å². The normalized spacial score (nSPS) is 12.3. The van der Waals surface area contributed by atoms with Gasteiger partial charge in [-0.25, -0.2) is 12.8 Å². The minimum atomic E-state index is -4.08. The molecule has 0 fully saturated rings. The number of fused-ring (bicyclic) bond motifs is 1. The van der Waals surface area contributed by atoms with E-state index in [4.69, 9.17) is 0 Å². The van der Waals surface area contributed by atoms with Gasteiger partial charge in [0.2, 0.25) is 0 Å². The van der Waals surface area contributed by atoms with Crippen molar-refractivity contribution in [1.82, 2.24) is 9.29 Å². The first-order valence-electron chi connectivity index (χ1n) is 9.88. The van der Waals surface area contributed by atoms with E-state index in [0.29, 0.717) is 10.4 Å². The summed E-state index contributed by atoms with van der Waals surface area (Å²) in [4.78, 5) is 12.4. The molecule has 0 aliphatic heterocycles. The van der Waals surface area contributed by atoms with E-state index in [9.17, 15) is 22.7 Å². The average molecular weight is 483 g/mol. The molecule has 0 saturated carbocycles. The first kappa shape index (κ1) is 22.7. The molecule has 0 amide bonds. The van der Waals surface area contributed by atoms with Gasteiger partial charge in [-0.1, -0.05) is 30.0 Å². The van der Waals surface area contributed by atoms with Crippen molar-refractivity contribution in [2.75, 3.05) is 0 Å². The predicted octanol–water partition coefficient (Wildman–Crippen LogP) is 3.75. The number of carbonyl (C=O) groups is 1. The lowest BCUT2D eigenvalue weighted by Crippen LogP contribution is -2.42. The summed E-state index contributed by atoms with van der Waals surface area (Å²) in [7, 11) is -2.22. The molecule has 4 aromatic rings. The van der Waals surface area contributed by atoms with Crippen LogP contribution in [0.1, 0.15) is 16.0 Å². The van der Waals surface area contributed by atoms with Crippen molar-refractivity contribution in [3.05, 3.63) is 88.7 Å². The molecule has 2 aromatic carbocycles. The molecule has 0 unspecified atom stereocenters. The molecule has 0 spiro atoms. The number of hydrogen-bond donors (Lipinski definition) is 2. The number of aryl methyl sites for hydroxylation is 1. The lowest BCUT2D eigenvalue weighted by molar-refractivity contribution is -0.138. The van der Waals surface area contributed by atoms with Gasteiger partial charge in [0.1, 0.15) is 16.1 Å². The summed E-state index contributed by atoms with van der Waals surface area (Å²) in [5.74, 6) is 4.06. The fourth-order valence-electron chi connectivity index (χ4n) is 3.43. The molecule has 2 aromatic heterocycles. The summed E-state index contributed by atoms with van der Waals surface area (Å²) < 4.78 is 42.9. The van der Waals surface area contributed by atoms with Crippen LogP contribution in [0.25, 0.3) is 10.9 Å². The Hall–Kier alpha value is -3.45. The molecule has 4 rings (SSSR count). The number of thiophene rings is 1. The van der Waals surface area contributed by atoms with E-state index in [0.717, 1.165) is 27.8 Å². The second-order valence-electron chi connectivity index (χ2n) is 7.37. The minimum Gasteiger partial charge on any atom is -0.480 e. The van der Waals surface area contributed by atoms with E-state index in [2.05, 4.69) is 16.6 Å². The lowest BCUT2D eigenvalue weighted by atomic mass is 10.1. The molecule has 0 aliphatic carbocycles. The SMILES string of the molecule is Cn1cc(C[C@@H](NS(=O)(=O)c2ccc(C#Cc3ccc(F)cc3)s2)C(=O)O)c2ccccc21. The largest absolute Gasteiger partial charge is 0.480 e. The molecule has 168 valence electrons. The van der Waals surface area contributed by atoms with Crippen molar-refractivity contribution < 1.29 is 22.7 Å². The maximum Gasteiger partial charge on any atom is 0.322 e. The van der Waals surface area contributed by atoms with Crippen LogP contribution in [-0.4, -0.2) is 30.1 Å². The maximum atomic E-state index is 13.0. The number of halogens is 1. The van der Waals surface area contributed by atoms with Crippen LogP contribution in [-0.2, 0) is 28.3 Å². The first-order valence-corrected chi connectivity index (χ1v) is 12.2. The third-order valence-corrected chi connectivity index (χ3v) is 7.98. The van der Waals surface area contributed by atoms with E-state index in [-0.39, 0.29) is 16.4 Å². The van der Waals surface area contributed by atoms with Gasteiger partial charge in [0, 0.05) is 36.1 Å². The van der Waals surface area contributed by atoms with E-state index >= 15 is 0 Å². The second-order valence-corrected chi connectivity index (χ2v) is 10.4. The Balaban J connectivity index is 1.54. The molecule has 2 N–H and O–H groups in total. The van der Waals surface area contributed by atoms with Gasteiger partial charge in [-0.3, -0.25) is 4.79 Å². The molecule has 33 heavy (non-hydrogen) atoms. The van der Waals surface area contributed by atoms with Crippen molar-refractivity contribution in [1.29, 1.82) is 0 Å². The summed E-state index contributed by atoms with van der Waals surface area (Å²) in [6.45, 7) is 0. The average Bonchev–Trinajstić information content (AvgIpc) is 3.39. The molecular formula is C24H19FN2O4S2. The zero-order valence-electron chi connectivity index (χ0n) is 17.4. The molecule has 9 heteroatoms. The molecular weight excluding hydrogens is 463 g/mol. The number of aromatic nitrogens is 1. The molecule has 0 bridgehead atoms. The van der Waals surface area contributed by atoms with Crippen LogP contribution in [0.5, 0.6) is 0 Å². The standard InChI is InChI=1S/C24H19FN2O4S2/c1-27-15-17(20-4-2-3-5-22(20)27)14-21(24(28)29)26-33(30,31)23-13-12-19(32-23)11-8-16-6-9-18(25)10-7-16/h2-7,9-10,12-13,15,21,26H,14H2,1H3,(H,28,29)/t21-/m1/s1. The molecule has 0 aliphatic rings. The Bertz CT molecular complexity index is 1490. The minimum absolute atomic E-state index is 0.00147. The maximum absolute atomic E-state index is 13.0. The number of carboxylic acid groups (broad SMARTS) is 1. The Morgan fingerprint density at radius 1 is 1.12 bits per heavy atom. The Labute approximate surface area is 194 Å². The number of rotatable bonds is 6. The predicted molar refractivity (Wildman–Crippen MR) is 125 cm³/mol. The van der Waals surface area contributed by atoms with E-state index in [1.165, 1.54) is 30.3 Å². The van der Waals surface area contributed by atoms with E-state index < -0.39 is 22.0 Å². The smallest absolute Gasteiger partial charge is 0.322 e. The first-order chi connectivity index (χ1) is 15.7. The number of benzene rings is 2. The van der Waals surface area contributed by atoms with Gasteiger partial charge in [0.25, 0.3) is 10.0 Å². The highest BCUT2D eigenvalue weighted by Gasteiger charge is 2.27. The van der Waals surface area contributed by atoms with Gasteiger partial charge >= 0.3 is 5.97 Å². The van der Waals surface area contributed by atoms with Crippen molar-refractivity contribution >= 4 is 38.2 Å². The third-order valence-electron chi connectivity index (χ3n) is 5.02. The quantitative estimate of drug-likeness (QED) is 0.410. The van der Waals surface area contributed by atoms with Gasteiger partial charge in [-0.2, -0.15) is 4.72 Å². The summed E-state index contributed by atoms with van der Waals surface area (Å²) in [5.41, 5.74) is 2.26. The zero-order chi connectivity index (χ0) is 23.6. The summed E-state index contributed by atoms with van der Waals surface area (Å²) in [5, 5.41) is 10.6. The Morgan fingerprint density at radius 2 is 1.85 bits per heavy atom. The molecule has 0 radical (unpaired) electrons. The van der Waals surface area contributed by atoms with Gasteiger partial charge < -0.3 is 9.67 Å². The number of carboxylic acids is 1. The van der Waals surface area contributed by atoms with Crippen LogP contribution in [0, 0.1) is 17.7 Å². The van der Waals surface area contributed by atoms with E-state index in [1.807, 2.05) is 42.1 Å². The monoisotopic (exact) mass is 482 g/mol. The number of nitrogens with one attached hydrogen (secondary N) is 1. The van der Waals surface area contributed by atoms with Crippen LogP contribution in [0.2, 0.25) is 0 Å². The number of aliphatic carboxylic acids is 1. The van der Waals surface area contributed by atoms with Crippen LogP contribution in [0.3, 0.4) is 0 Å². The second kappa shape index (κ2) is 9.19. The fraction of sp³-hybridized carbons (Fsp3) is 0.125. The number of hydrogen-bond acceptors (Lipinski definition) is 4. The van der Waals surface area contributed by atoms with Crippen molar-refractivity contribution in [2.24, 2.45) is 7.05 Å². The zero-order valence-corrected chi connectivity index (χ0v) is 19.1. The third kappa shape index (κ3) is 5.14. The number of nitrogens with zero attached hydrogens (tertiary/aromatic N) is 1. The van der Waals surface area contributed by atoms with Crippen LogP contribution >= 0.6 is 11.3 Å². The molecule has 6 nitrogen and oxygen atoms in total. The fourth-order valence-corrected chi connectivity index (χ4v) is 5.80. The Kier molecular flexibility index (Phi) is 6.33. The molecule has 2 heterocycles. The molecule has 1 atom stereocenters. The van der Waals surface area contributed by atoms with Crippen LogP contribution in [0.15, 0.2) is 71.1 Å². The Morgan fingerprint density at radius 3 is 2.58 bits per heavy atom. The van der Waals surface area contributed by atoms with Gasteiger partial charge in [-0.05, 0) is 48.0 Å². The number of para-hydroxylation sites is 1. The number of sulfonamides is 1. The van der Waals surface area contributed by atoms with Crippen molar-refractivity contribution in [2.45, 2.75) is 16.7 Å². The van der Waals surface area contributed by atoms with Gasteiger partial charge in [0.15, 0.2) is 0 Å². The highest BCUT2D eigenvalue weighted by molar-refractivity contribution is 7.91. The highest BCUT2D eigenvalue weighted by atomic mass is 32.2. The topological polar surface area (TPSA) is 88.4 Å². The van der Waals surface area contributed by atoms with Gasteiger partial charge in [-0.15, -0.1) is 11.3 Å². The lowest BCUT2D eigenvalue weighted by Gasteiger charge is -2.13. The van der Waals surface area contributed by atoms with Crippen molar-refractivity contribution in [3.63, 3.8) is 0 Å². The van der Waals surface area contributed by atoms with E-state index in [1.54, 1.807) is 6.07 Å².